The van der Waals surface area contributed by atoms with E-state index in [-0.39, 0.29) is 11.3 Å². The van der Waals surface area contributed by atoms with E-state index in [4.69, 9.17) is 0 Å². The lowest BCUT2D eigenvalue weighted by atomic mass is 9.70. The van der Waals surface area contributed by atoms with Crippen LogP contribution in [0.5, 0.6) is 0 Å². The summed E-state index contributed by atoms with van der Waals surface area (Å²) in [5.41, 5.74) is 4.57. The van der Waals surface area contributed by atoms with Crippen molar-refractivity contribution in [2.24, 2.45) is 5.41 Å². The number of aryl methyl sites for hydroxylation is 1. The standard InChI is InChI=1S/C18H20N2OS/c1-12-2-4-15(5-3-12)20-17(21)18-6-7-22-16(18)8-13-10-19-11-14(13)9-18/h2-5,10-11,16,19H,6-9H2,1H3,(H,20,21). The highest BCUT2D eigenvalue weighted by molar-refractivity contribution is 8.00. The normalized spacial score (nSPS) is 26.3. The SMILES string of the molecule is Cc1ccc(NC(=O)C23CCSC2Cc2c[nH]cc2C3)cc1. The number of aromatic nitrogens is 1. The monoisotopic (exact) mass is 312 g/mol. The number of nitrogens with one attached hydrogen (secondary N) is 2. The average Bonchev–Trinajstić information content (AvgIpc) is 3.13. The molecule has 0 bridgehead atoms. The van der Waals surface area contributed by atoms with E-state index in [1.807, 2.05) is 36.0 Å². The number of aromatic amines is 1. The summed E-state index contributed by atoms with van der Waals surface area (Å²) in [6.45, 7) is 2.06. The first-order valence-electron chi connectivity index (χ1n) is 7.82. The second-order valence-corrected chi connectivity index (χ2v) is 7.78. The molecule has 4 heteroatoms. The molecule has 2 heterocycles. The Morgan fingerprint density at radius 3 is 2.86 bits per heavy atom. The number of H-pyrrole nitrogens is 1. The highest BCUT2D eigenvalue weighted by Crippen LogP contribution is 2.50. The summed E-state index contributed by atoms with van der Waals surface area (Å²) in [5.74, 6) is 1.28. The molecule has 2 aromatic rings. The van der Waals surface area contributed by atoms with Crippen LogP contribution in [0.3, 0.4) is 0 Å². The van der Waals surface area contributed by atoms with Gasteiger partial charge in [0.1, 0.15) is 0 Å². The first-order chi connectivity index (χ1) is 10.7. The minimum Gasteiger partial charge on any atom is -0.367 e. The number of amides is 1. The lowest BCUT2D eigenvalue weighted by molar-refractivity contribution is -0.125. The van der Waals surface area contributed by atoms with Crippen molar-refractivity contribution in [1.29, 1.82) is 0 Å². The molecule has 2 atom stereocenters. The molecule has 1 saturated heterocycles. The number of fused-ring (bicyclic) bond motifs is 2. The minimum atomic E-state index is -0.245. The van der Waals surface area contributed by atoms with Crippen molar-refractivity contribution >= 4 is 23.4 Å². The minimum absolute atomic E-state index is 0.193. The van der Waals surface area contributed by atoms with E-state index in [0.29, 0.717) is 5.25 Å². The lowest BCUT2D eigenvalue weighted by Crippen LogP contribution is -2.46. The van der Waals surface area contributed by atoms with Crippen molar-refractivity contribution in [2.75, 3.05) is 11.1 Å². The van der Waals surface area contributed by atoms with Crippen molar-refractivity contribution in [2.45, 2.75) is 31.4 Å². The molecule has 1 amide bonds. The second kappa shape index (κ2) is 5.20. The predicted molar refractivity (Wildman–Crippen MR) is 91.3 cm³/mol. The number of hydrogen-bond donors (Lipinski definition) is 2. The van der Waals surface area contributed by atoms with Crippen LogP contribution in [-0.4, -0.2) is 21.9 Å². The van der Waals surface area contributed by atoms with Gasteiger partial charge in [-0.15, -0.1) is 0 Å². The zero-order valence-electron chi connectivity index (χ0n) is 12.7. The third-order valence-corrected chi connectivity index (χ3v) is 6.54. The topological polar surface area (TPSA) is 44.9 Å². The fraction of sp³-hybridized carbons (Fsp3) is 0.389. The van der Waals surface area contributed by atoms with Gasteiger partial charge in [0.05, 0.1) is 5.41 Å². The molecule has 2 N–H and O–H groups in total. The zero-order valence-corrected chi connectivity index (χ0v) is 13.5. The van der Waals surface area contributed by atoms with E-state index < -0.39 is 0 Å². The van der Waals surface area contributed by atoms with Crippen LogP contribution in [0.4, 0.5) is 5.69 Å². The Morgan fingerprint density at radius 2 is 2.05 bits per heavy atom. The summed E-state index contributed by atoms with van der Waals surface area (Å²) in [7, 11) is 0. The summed E-state index contributed by atoms with van der Waals surface area (Å²) in [4.78, 5) is 16.3. The van der Waals surface area contributed by atoms with Gasteiger partial charge in [0.2, 0.25) is 5.91 Å². The van der Waals surface area contributed by atoms with E-state index in [9.17, 15) is 4.79 Å². The summed E-state index contributed by atoms with van der Waals surface area (Å²) in [6, 6.07) is 8.07. The van der Waals surface area contributed by atoms with Gasteiger partial charge in [-0.3, -0.25) is 4.79 Å². The van der Waals surface area contributed by atoms with Gasteiger partial charge in [-0.2, -0.15) is 11.8 Å². The van der Waals surface area contributed by atoms with Gasteiger partial charge in [0, 0.05) is 23.3 Å². The molecule has 0 radical (unpaired) electrons. The molecule has 3 nitrogen and oxygen atoms in total. The maximum Gasteiger partial charge on any atom is 0.232 e. The van der Waals surface area contributed by atoms with Gasteiger partial charge in [0.15, 0.2) is 0 Å². The Kier molecular flexibility index (Phi) is 3.30. The van der Waals surface area contributed by atoms with Crippen LogP contribution in [0.25, 0.3) is 0 Å². The molecule has 1 fully saturated rings. The molecule has 1 aromatic carbocycles. The van der Waals surface area contributed by atoms with Gasteiger partial charge in [-0.25, -0.2) is 0 Å². The van der Waals surface area contributed by atoms with Crippen molar-refractivity contribution in [3.05, 3.63) is 53.3 Å². The second-order valence-electron chi connectivity index (χ2n) is 6.47. The molecule has 1 aliphatic carbocycles. The summed E-state index contributed by atoms with van der Waals surface area (Å²) >= 11 is 1.96. The molecule has 0 spiro atoms. The van der Waals surface area contributed by atoms with Crippen molar-refractivity contribution in [3.63, 3.8) is 0 Å². The first kappa shape index (κ1) is 13.9. The van der Waals surface area contributed by atoms with E-state index in [1.54, 1.807) is 0 Å². The molecule has 114 valence electrons. The third-order valence-electron chi connectivity index (χ3n) is 5.08. The number of carbonyl (C=O) groups excluding carboxylic acids is 1. The van der Waals surface area contributed by atoms with Crippen LogP contribution < -0.4 is 5.32 Å². The largest absolute Gasteiger partial charge is 0.367 e. The highest BCUT2D eigenvalue weighted by Gasteiger charge is 2.52. The van der Waals surface area contributed by atoms with Gasteiger partial charge >= 0.3 is 0 Å². The Labute approximate surface area is 134 Å². The van der Waals surface area contributed by atoms with Crippen LogP contribution >= 0.6 is 11.8 Å². The molecule has 4 rings (SSSR count). The van der Waals surface area contributed by atoms with Crippen LogP contribution in [0.15, 0.2) is 36.7 Å². The lowest BCUT2D eigenvalue weighted by Gasteiger charge is -2.37. The Balaban J connectivity index is 1.62. The van der Waals surface area contributed by atoms with Gasteiger partial charge in [-0.1, -0.05) is 17.7 Å². The quantitative estimate of drug-likeness (QED) is 0.890. The summed E-state index contributed by atoms with van der Waals surface area (Å²) < 4.78 is 0. The number of carbonyl (C=O) groups is 1. The fourth-order valence-electron chi connectivity index (χ4n) is 3.72. The Hall–Kier alpha value is -1.68. The predicted octanol–water partition coefficient (Wildman–Crippen LogP) is 3.55. The smallest absolute Gasteiger partial charge is 0.232 e. The number of hydrogen-bond acceptors (Lipinski definition) is 2. The summed E-state index contributed by atoms with van der Waals surface area (Å²) in [5, 5.41) is 3.57. The van der Waals surface area contributed by atoms with Crippen LogP contribution in [0, 0.1) is 12.3 Å². The first-order valence-corrected chi connectivity index (χ1v) is 8.86. The molecule has 2 unspecified atom stereocenters. The zero-order chi connectivity index (χ0) is 15.2. The molecule has 1 aliphatic heterocycles. The van der Waals surface area contributed by atoms with E-state index in [1.165, 1.54) is 16.7 Å². The number of benzene rings is 1. The van der Waals surface area contributed by atoms with Crippen molar-refractivity contribution in [1.82, 2.24) is 4.98 Å². The summed E-state index contributed by atoms with van der Waals surface area (Å²) in [6.07, 6.45) is 7.00. The van der Waals surface area contributed by atoms with Gasteiger partial charge in [0.25, 0.3) is 0 Å². The number of thioether (sulfide) groups is 1. The maximum absolute atomic E-state index is 13.1. The maximum atomic E-state index is 13.1. The van der Waals surface area contributed by atoms with Crippen LogP contribution in [0.1, 0.15) is 23.1 Å². The van der Waals surface area contributed by atoms with Crippen molar-refractivity contribution in [3.8, 4) is 0 Å². The van der Waals surface area contributed by atoms with Crippen molar-refractivity contribution < 1.29 is 4.79 Å². The van der Waals surface area contributed by atoms with E-state index >= 15 is 0 Å². The molecule has 22 heavy (non-hydrogen) atoms. The molecule has 1 aromatic heterocycles. The number of anilines is 1. The van der Waals surface area contributed by atoms with Gasteiger partial charge < -0.3 is 10.3 Å². The third kappa shape index (κ3) is 2.17. The molecule has 0 saturated carbocycles. The van der Waals surface area contributed by atoms with Crippen LogP contribution in [0.2, 0.25) is 0 Å². The van der Waals surface area contributed by atoms with E-state index in [2.05, 4.69) is 29.6 Å². The van der Waals surface area contributed by atoms with Gasteiger partial charge in [-0.05, 0) is 55.2 Å². The highest BCUT2D eigenvalue weighted by atomic mass is 32.2. The number of rotatable bonds is 2. The fourth-order valence-corrected chi connectivity index (χ4v) is 5.41. The molecular formula is C18H20N2OS. The Bertz CT molecular complexity index is 706. The Morgan fingerprint density at radius 1 is 1.27 bits per heavy atom. The average molecular weight is 312 g/mol. The van der Waals surface area contributed by atoms with Crippen LogP contribution in [-0.2, 0) is 17.6 Å². The molecule has 2 aliphatic rings. The molecular weight excluding hydrogens is 292 g/mol. The van der Waals surface area contributed by atoms with E-state index in [0.717, 1.165) is 30.7 Å².